The van der Waals surface area contributed by atoms with Crippen molar-refractivity contribution in [2.45, 2.75) is 0 Å². The van der Waals surface area contributed by atoms with Gasteiger partial charge in [-0.1, -0.05) is 42.5 Å². The topological polar surface area (TPSA) is 44.9 Å². The van der Waals surface area contributed by atoms with E-state index in [1.54, 1.807) is 7.11 Å². The Morgan fingerprint density at radius 1 is 0.588 bits per heavy atom. The quantitative estimate of drug-likeness (QED) is 0.308. The second-order valence-corrected chi connectivity index (χ2v) is 8.32. The van der Waals surface area contributed by atoms with Crippen molar-refractivity contribution in [3.63, 3.8) is 0 Å². The first-order valence-electron chi connectivity index (χ1n) is 11.2. The van der Waals surface area contributed by atoms with Crippen molar-refractivity contribution in [1.82, 2.24) is 19.1 Å². The molecule has 162 valence electrons. The lowest BCUT2D eigenvalue weighted by Gasteiger charge is -2.10. The van der Waals surface area contributed by atoms with Gasteiger partial charge in [-0.3, -0.25) is 4.98 Å². The molecule has 0 radical (unpaired) electrons. The van der Waals surface area contributed by atoms with Crippen molar-refractivity contribution in [2.24, 2.45) is 0 Å². The molecule has 5 heteroatoms. The third-order valence-corrected chi connectivity index (χ3v) is 6.44. The van der Waals surface area contributed by atoms with Gasteiger partial charge in [-0.05, 0) is 48.5 Å². The van der Waals surface area contributed by atoms with Gasteiger partial charge in [0.1, 0.15) is 16.8 Å². The fraction of sp³-hybridized carbons (Fsp3) is 0.0345. The van der Waals surface area contributed by atoms with Crippen LogP contribution in [0.2, 0.25) is 0 Å². The molecule has 7 rings (SSSR count). The van der Waals surface area contributed by atoms with Gasteiger partial charge in [-0.25, -0.2) is 4.98 Å². The van der Waals surface area contributed by atoms with E-state index < -0.39 is 0 Å². The molecule has 0 bridgehead atoms. The first-order valence-corrected chi connectivity index (χ1v) is 11.2. The van der Waals surface area contributed by atoms with Gasteiger partial charge in [0.05, 0.1) is 34.7 Å². The lowest BCUT2D eigenvalue weighted by atomic mass is 10.2. The van der Waals surface area contributed by atoms with E-state index in [1.165, 1.54) is 0 Å². The Morgan fingerprint density at radius 3 is 2.21 bits per heavy atom. The summed E-state index contributed by atoms with van der Waals surface area (Å²) in [5.74, 6) is 0.820. The first kappa shape index (κ1) is 18.9. The Bertz CT molecular complexity index is 1850. The predicted octanol–water partition coefficient (Wildman–Crippen LogP) is 6.68. The summed E-state index contributed by atoms with van der Waals surface area (Å²) in [6.45, 7) is 0. The highest BCUT2D eigenvalue weighted by Crippen LogP contribution is 2.37. The minimum atomic E-state index is 0.820. The predicted molar refractivity (Wildman–Crippen MR) is 137 cm³/mol. The molecule has 0 unspecified atom stereocenters. The monoisotopic (exact) mass is 440 g/mol. The number of benzene rings is 3. The third-order valence-electron chi connectivity index (χ3n) is 6.44. The van der Waals surface area contributed by atoms with Crippen LogP contribution in [0.25, 0.3) is 55.4 Å². The van der Waals surface area contributed by atoms with Gasteiger partial charge in [-0.2, -0.15) is 0 Å². The molecule has 0 aliphatic heterocycles. The number of fused-ring (bicyclic) bond motifs is 6. The maximum absolute atomic E-state index is 5.52. The van der Waals surface area contributed by atoms with Gasteiger partial charge in [0.2, 0.25) is 0 Å². The largest absolute Gasteiger partial charge is 0.497 e. The third kappa shape index (κ3) is 2.61. The molecule has 0 atom stereocenters. The lowest BCUT2D eigenvalue weighted by molar-refractivity contribution is 0.414. The van der Waals surface area contributed by atoms with Crippen molar-refractivity contribution in [3.8, 4) is 17.1 Å². The number of methoxy groups -OCH3 is 1. The maximum atomic E-state index is 5.52. The van der Waals surface area contributed by atoms with Crippen LogP contribution in [-0.4, -0.2) is 26.2 Å². The fourth-order valence-electron chi connectivity index (χ4n) is 4.98. The van der Waals surface area contributed by atoms with Crippen molar-refractivity contribution < 1.29 is 4.74 Å². The van der Waals surface area contributed by atoms with E-state index in [1.807, 2.05) is 30.5 Å². The zero-order chi connectivity index (χ0) is 22.6. The zero-order valence-corrected chi connectivity index (χ0v) is 18.5. The summed E-state index contributed by atoms with van der Waals surface area (Å²) in [6.07, 6.45) is 1.84. The van der Waals surface area contributed by atoms with E-state index in [2.05, 4.69) is 81.9 Å². The number of pyridine rings is 2. The summed E-state index contributed by atoms with van der Waals surface area (Å²) in [7, 11) is 1.70. The number of hydrogen-bond acceptors (Lipinski definition) is 3. The number of hydrogen-bond donors (Lipinski definition) is 0. The molecule has 4 heterocycles. The minimum Gasteiger partial charge on any atom is -0.497 e. The van der Waals surface area contributed by atoms with E-state index >= 15 is 0 Å². The van der Waals surface area contributed by atoms with Crippen LogP contribution in [0.4, 0.5) is 0 Å². The average Bonchev–Trinajstić information content (AvgIpc) is 3.40. The molecular formula is C29H20N4O. The molecule has 0 spiro atoms. The first-order chi connectivity index (χ1) is 16.8. The highest BCUT2D eigenvalue weighted by Gasteiger charge is 2.20. The summed E-state index contributed by atoms with van der Waals surface area (Å²) in [5, 5.41) is 1.11. The SMILES string of the molecule is COc1cccc(-n2c3ccccc3c3nc4c5ncccc5n(-c5ccccc5)c4cc32)c1. The highest BCUT2D eigenvalue weighted by molar-refractivity contribution is 6.14. The van der Waals surface area contributed by atoms with Gasteiger partial charge in [0, 0.05) is 29.0 Å². The molecular weight excluding hydrogens is 420 g/mol. The summed E-state index contributed by atoms with van der Waals surface area (Å²) in [4.78, 5) is 9.96. The summed E-state index contributed by atoms with van der Waals surface area (Å²) in [5.41, 5.74) is 9.11. The highest BCUT2D eigenvalue weighted by atomic mass is 16.5. The lowest BCUT2D eigenvalue weighted by Crippen LogP contribution is -1.96. The zero-order valence-electron chi connectivity index (χ0n) is 18.5. The Balaban J connectivity index is 1.68. The fourth-order valence-corrected chi connectivity index (χ4v) is 4.98. The van der Waals surface area contributed by atoms with Gasteiger partial charge < -0.3 is 13.9 Å². The number of para-hydroxylation sites is 2. The minimum absolute atomic E-state index is 0.820. The average molecular weight is 441 g/mol. The van der Waals surface area contributed by atoms with Gasteiger partial charge in [-0.15, -0.1) is 0 Å². The molecule has 7 aromatic rings. The Kier molecular flexibility index (Phi) is 3.99. The summed E-state index contributed by atoms with van der Waals surface area (Å²) in [6, 6.07) is 33.3. The number of aromatic nitrogens is 4. The smallest absolute Gasteiger partial charge is 0.120 e. The standard InChI is InChI=1S/C29H20N4O/c1-34-21-12-7-11-20(17-21)33-23-14-6-5-13-22(23)27-25(33)18-26-29(31-27)28-24(15-8-16-30-28)32(26)19-9-3-2-4-10-19/h2-18H,1H3. The van der Waals surface area contributed by atoms with Crippen molar-refractivity contribution in [1.29, 1.82) is 0 Å². The van der Waals surface area contributed by atoms with Crippen LogP contribution in [0.1, 0.15) is 0 Å². The van der Waals surface area contributed by atoms with Crippen molar-refractivity contribution in [3.05, 3.63) is 103 Å². The van der Waals surface area contributed by atoms with Crippen LogP contribution in [0.15, 0.2) is 103 Å². The molecule has 0 aliphatic carbocycles. The Morgan fingerprint density at radius 2 is 1.32 bits per heavy atom. The van der Waals surface area contributed by atoms with E-state index in [0.29, 0.717) is 0 Å². The number of ether oxygens (including phenoxy) is 1. The molecule has 0 amide bonds. The van der Waals surface area contributed by atoms with E-state index in [0.717, 1.165) is 61.1 Å². The maximum Gasteiger partial charge on any atom is 0.120 e. The van der Waals surface area contributed by atoms with Crippen LogP contribution >= 0.6 is 0 Å². The van der Waals surface area contributed by atoms with Gasteiger partial charge in [0.25, 0.3) is 0 Å². The molecule has 5 nitrogen and oxygen atoms in total. The molecule has 0 N–H and O–H groups in total. The molecule has 0 saturated carbocycles. The molecule has 0 aliphatic rings. The Labute approximate surface area is 195 Å². The Hall–Kier alpha value is -4.64. The molecule has 0 fully saturated rings. The van der Waals surface area contributed by atoms with E-state index in [4.69, 9.17) is 14.7 Å². The van der Waals surface area contributed by atoms with E-state index in [-0.39, 0.29) is 0 Å². The normalized spacial score (nSPS) is 11.7. The van der Waals surface area contributed by atoms with Gasteiger partial charge in [0.15, 0.2) is 0 Å². The van der Waals surface area contributed by atoms with Crippen LogP contribution in [0, 0.1) is 0 Å². The molecule has 4 aromatic heterocycles. The number of rotatable bonds is 3. The molecule has 0 saturated heterocycles. The summed E-state index contributed by atoms with van der Waals surface area (Å²) >= 11 is 0. The van der Waals surface area contributed by atoms with Crippen LogP contribution in [0.5, 0.6) is 5.75 Å². The molecule has 34 heavy (non-hydrogen) atoms. The van der Waals surface area contributed by atoms with Crippen molar-refractivity contribution >= 4 is 44.0 Å². The van der Waals surface area contributed by atoms with Crippen molar-refractivity contribution in [2.75, 3.05) is 7.11 Å². The van der Waals surface area contributed by atoms with E-state index in [9.17, 15) is 0 Å². The summed E-state index contributed by atoms with van der Waals surface area (Å²) < 4.78 is 10.0. The van der Waals surface area contributed by atoms with Crippen LogP contribution < -0.4 is 4.74 Å². The van der Waals surface area contributed by atoms with Gasteiger partial charge >= 0.3 is 0 Å². The molecule has 3 aromatic carbocycles. The number of nitrogens with zero attached hydrogens (tertiary/aromatic N) is 4. The second-order valence-electron chi connectivity index (χ2n) is 8.32. The second kappa shape index (κ2) is 7.18. The van der Waals surface area contributed by atoms with Crippen LogP contribution in [0.3, 0.4) is 0 Å². The van der Waals surface area contributed by atoms with Crippen LogP contribution in [-0.2, 0) is 0 Å².